The number of fused-ring (bicyclic) bond motifs is 2. The molecule has 0 unspecified atom stereocenters. The van der Waals surface area contributed by atoms with Crippen LogP contribution in [-0.4, -0.2) is 35.1 Å². The zero-order valence-corrected chi connectivity index (χ0v) is 14.5. The van der Waals surface area contributed by atoms with E-state index in [9.17, 15) is 8.78 Å². The first-order valence-corrected chi connectivity index (χ1v) is 8.91. The zero-order chi connectivity index (χ0) is 18.4. The predicted molar refractivity (Wildman–Crippen MR) is 102 cm³/mol. The number of hydrogen-bond donors (Lipinski definition) is 1. The highest BCUT2D eigenvalue weighted by Gasteiger charge is 2.24. The molecule has 0 amide bonds. The van der Waals surface area contributed by atoms with Crippen molar-refractivity contribution in [2.24, 2.45) is 4.99 Å². The van der Waals surface area contributed by atoms with Crippen LogP contribution in [0.15, 0.2) is 47.7 Å². The van der Waals surface area contributed by atoms with Crippen LogP contribution in [-0.2, 0) is 6.54 Å². The topological polar surface area (TPSA) is 53.4 Å². The molecule has 4 heterocycles. The number of nitrogens with one attached hydrogen (secondary N) is 1. The van der Waals surface area contributed by atoms with Crippen LogP contribution in [0, 0.1) is 5.82 Å². The second-order valence-electron chi connectivity index (χ2n) is 6.84. The summed E-state index contributed by atoms with van der Waals surface area (Å²) >= 11 is 0. The van der Waals surface area contributed by atoms with Crippen molar-refractivity contribution in [2.75, 3.05) is 23.3 Å². The molecule has 2 aliphatic heterocycles. The highest BCUT2D eigenvalue weighted by atomic mass is 19.1. The van der Waals surface area contributed by atoms with Gasteiger partial charge in [0.25, 0.3) is 0 Å². The van der Waals surface area contributed by atoms with Crippen LogP contribution in [0.1, 0.15) is 17.7 Å². The molecule has 7 heteroatoms. The van der Waals surface area contributed by atoms with Gasteiger partial charge in [-0.2, -0.15) is 0 Å². The molecule has 2 aliphatic rings. The molecule has 0 aliphatic carbocycles. The van der Waals surface area contributed by atoms with Crippen molar-refractivity contribution in [2.45, 2.75) is 19.1 Å². The molecular formula is C20H17F2N5. The maximum Gasteiger partial charge on any atom is 0.142 e. The molecule has 0 radical (unpaired) electrons. The lowest BCUT2D eigenvalue weighted by Crippen LogP contribution is -2.21. The van der Waals surface area contributed by atoms with Crippen LogP contribution < -0.4 is 10.2 Å². The number of pyridine rings is 2. The van der Waals surface area contributed by atoms with Gasteiger partial charge >= 0.3 is 0 Å². The Balaban J connectivity index is 1.46. The number of amidine groups is 1. The fourth-order valence-corrected chi connectivity index (χ4v) is 3.68. The molecule has 1 atom stereocenters. The van der Waals surface area contributed by atoms with Gasteiger partial charge in [-0.1, -0.05) is 0 Å². The van der Waals surface area contributed by atoms with Crippen molar-refractivity contribution in [3.63, 3.8) is 0 Å². The van der Waals surface area contributed by atoms with E-state index in [1.165, 1.54) is 12.3 Å². The minimum atomic E-state index is -0.794. The molecule has 1 aromatic carbocycles. The van der Waals surface area contributed by atoms with Crippen LogP contribution in [0.4, 0.5) is 20.3 Å². The molecule has 0 spiro atoms. The molecule has 5 nitrogen and oxygen atoms in total. The number of rotatable bonds is 2. The lowest BCUT2D eigenvalue weighted by Gasteiger charge is -2.18. The Labute approximate surface area is 154 Å². The summed E-state index contributed by atoms with van der Waals surface area (Å²) in [7, 11) is 0. The summed E-state index contributed by atoms with van der Waals surface area (Å²) in [6.45, 7) is 1.51. The van der Waals surface area contributed by atoms with Gasteiger partial charge in [-0.15, -0.1) is 0 Å². The Morgan fingerprint density at radius 2 is 2.07 bits per heavy atom. The van der Waals surface area contributed by atoms with Crippen molar-refractivity contribution in [3.8, 4) is 0 Å². The molecule has 2 aromatic heterocycles. The van der Waals surface area contributed by atoms with Crippen molar-refractivity contribution in [3.05, 3.63) is 59.8 Å². The summed E-state index contributed by atoms with van der Waals surface area (Å²) in [5.74, 6) is 1.05. The SMILES string of the molecule is Fc1cnc2c(c1)C(Nc1ccc3c(N4CC[C@@H](F)C4)nccc3c1)=NC2. The Morgan fingerprint density at radius 3 is 2.93 bits per heavy atom. The largest absolute Gasteiger partial charge is 0.353 e. The van der Waals surface area contributed by atoms with Crippen LogP contribution in [0.25, 0.3) is 10.8 Å². The van der Waals surface area contributed by atoms with Gasteiger partial charge in [-0.3, -0.25) is 9.98 Å². The Morgan fingerprint density at radius 1 is 1.15 bits per heavy atom. The van der Waals surface area contributed by atoms with Crippen LogP contribution >= 0.6 is 0 Å². The summed E-state index contributed by atoms with van der Waals surface area (Å²) in [4.78, 5) is 15.0. The van der Waals surface area contributed by atoms with Crippen molar-refractivity contribution in [1.29, 1.82) is 0 Å². The van der Waals surface area contributed by atoms with E-state index in [1.54, 1.807) is 6.20 Å². The molecule has 3 aromatic rings. The highest BCUT2D eigenvalue weighted by molar-refractivity contribution is 6.11. The first-order valence-electron chi connectivity index (χ1n) is 8.91. The molecule has 136 valence electrons. The Hall–Kier alpha value is -3.09. The standard InChI is InChI=1S/C20H17F2N5/c21-13-4-6-27(11-13)20-16-2-1-15(7-12(16)3-5-23-20)26-19-17-8-14(22)9-24-18(17)10-25-19/h1-3,5,7-9,13H,4,6,10-11H2,(H,25,26)/t13-/m1/s1. The van der Waals surface area contributed by atoms with Gasteiger partial charge in [0.2, 0.25) is 0 Å². The minimum Gasteiger partial charge on any atom is -0.353 e. The Bertz CT molecular complexity index is 1070. The summed E-state index contributed by atoms with van der Waals surface area (Å²) in [6.07, 6.45) is 2.70. The molecule has 5 rings (SSSR count). The number of hydrogen-bond acceptors (Lipinski definition) is 5. The first kappa shape index (κ1) is 16.1. The van der Waals surface area contributed by atoms with Crippen molar-refractivity contribution >= 4 is 28.1 Å². The molecular weight excluding hydrogens is 348 g/mol. The van der Waals surface area contributed by atoms with E-state index in [0.29, 0.717) is 37.5 Å². The van der Waals surface area contributed by atoms with E-state index in [0.717, 1.165) is 28.0 Å². The lowest BCUT2D eigenvalue weighted by molar-refractivity contribution is 0.364. The van der Waals surface area contributed by atoms with Gasteiger partial charge in [0, 0.05) is 29.4 Å². The van der Waals surface area contributed by atoms with Crippen molar-refractivity contribution < 1.29 is 8.78 Å². The third-order valence-electron chi connectivity index (χ3n) is 5.02. The van der Waals surface area contributed by atoms with Gasteiger partial charge < -0.3 is 10.2 Å². The second kappa shape index (κ2) is 6.26. The quantitative estimate of drug-likeness (QED) is 0.753. The number of nitrogens with zero attached hydrogens (tertiary/aromatic N) is 4. The van der Waals surface area contributed by atoms with Gasteiger partial charge in [-0.25, -0.2) is 13.8 Å². The highest BCUT2D eigenvalue weighted by Crippen LogP contribution is 2.30. The minimum absolute atomic E-state index is 0.379. The van der Waals surface area contributed by atoms with Gasteiger partial charge in [0.15, 0.2) is 0 Å². The number of aromatic nitrogens is 2. The van der Waals surface area contributed by atoms with Crippen LogP contribution in [0.5, 0.6) is 0 Å². The predicted octanol–water partition coefficient (Wildman–Crippen LogP) is 3.69. The van der Waals surface area contributed by atoms with Crippen LogP contribution in [0.3, 0.4) is 0 Å². The summed E-state index contributed by atoms with van der Waals surface area (Å²) in [6, 6.07) is 9.29. The van der Waals surface area contributed by atoms with E-state index in [2.05, 4.69) is 20.3 Å². The van der Waals surface area contributed by atoms with Gasteiger partial charge in [-0.05, 0) is 42.1 Å². The molecule has 0 saturated carbocycles. The molecule has 1 saturated heterocycles. The Kier molecular flexibility index (Phi) is 3.74. The lowest BCUT2D eigenvalue weighted by atomic mass is 10.1. The second-order valence-corrected chi connectivity index (χ2v) is 6.84. The molecule has 0 bridgehead atoms. The number of halogens is 2. The van der Waals surface area contributed by atoms with Gasteiger partial charge in [0.05, 0.1) is 25.0 Å². The van der Waals surface area contributed by atoms with E-state index in [-0.39, 0.29) is 5.82 Å². The number of alkyl halides is 1. The average molecular weight is 365 g/mol. The van der Waals surface area contributed by atoms with Crippen LogP contribution in [0.2, 0.25) is 0 Å². The number of aliphatic imine (C=N–C) groups is 1. The summed E-state index contributed by atoms with van der Waals surface area (Å²) in [5.41, 5.74) is 2.30. The summed E-state index contributed by atoms with van der Waals surface area (Å²) < 4.78 is 27.1. The fraction of sp³-hybridized carbons (Fsp3) is 0.250. The molecule has 27 heavy (non-hydrogen) atoms. The van der Waals surface area contributed by atoms with Gasteiger partial charge in [0.1, 0.15) is 23.6 Å². The average Bonchev–Trinajstić information content (AvgIpc) is 3.27. The van der Waals surface area contributed by atoms with E-state index < -0.39 is 6.17 Å². The number of anilines is 2. The zero-order valence-electron chi connectivity index (χ0n) is 14.5. The molecule has 1 fully saturated rings. The maximum atomic E-state index is 13.6. The third-order valence-corrected chi connectivity index (χ3v) is 5.02. The van der Waals surface area contributed by atoms with E-state index >= 15 is 0 Å². The molecule has 1 N–H and O–H groups in total. The summed E-state index contributed by atoms with van der Waals surface area (Å²) in [5, 5.41) is 5.25. The maximum absolute atomic E-state index is 13.6. The number of benzene rings is 1. The monoisotopic (exact) mass is 365 g/mol. The smallest absolute Gasteiger partial charge is 0.142 e. The van der Waals surface area contributed by atoms with E-state index in [4.69, 9.17) is 0 Å². The van der Waals surface area contributed by atoms with E-state index in [1.807, 2.05) is 29.2 Å². The normalized spacial score (nSPS) is 18.7. The fourth-order valence-electron chi connectivity index (χ4n) is 3.68. The van der Waals surface area contributed by atoms with Crippen molar-refractivity contribution in [1.82, 2.24) is 9.97 Å². The first-order chi connectivity index (χ1) is 13.2. The third kappa shape index (κ3) is 2.89.